The van der Waals surface area contributed by atoms with Crippen LogP contribution in [-0.2, 0) is 0 Å². The Morgan fingerprint density at radius 3 is 1.74 bits per heavy atom. The predicted molar refractivity (Wildman–Crippen MR) is 319 cm³/mol. The number of amides is 4. The highest BCUT2D eigenvalue weighted by Crippen LogP contribution is 2.41. The Labute approximate surface area is 502 Å². The van der Waals surface area contributed by atoms with Gasteiger partial charge in [-0.2, -0.15) is 0 Å². The molecule has 440 valence electrons. The number of hydrogen-bond acceptors (Lipinski definition) is 10. The van der Waals surface area contributed by atoms with Gasteiger partial charge in [-0.25, -0.2) is 52.1 Å². The number of nitrogens with zero attached hydrogens (tertiary/aromatic N) is 10. The van der Waals surface area contributed by atoms with Crippen LogP contribution in [0.1, 0.15) is 90.9 Å². The molecule has 4 aromatic carbocycles. The molecule has 4 fully saturated rings. The van der Waals surface area contributed by atoms with E-state index in [1.165, 1.54) is 6.33 Å². The molecule has 0 bridgehead atoms. The standard InChI is InChI=1S/C60H62Cl4F4N14O2/c1-57(23-25-60(67,68)26-24-57)76-56(84)73-39-19-29-79(30-20-39)54-48-53(82(41-13-9-37(62)10-14-41)49(75-48)43-5-3-4-6-45(43)63)71-35-80(54)42-15-16-44(46(64)33-42)50-74-47-51(69-34-70-52(47)81(50)40-11-7-36(61)8-12-40)78-31-27-58(2,28-32-78)77-55(83)72-38-17-21-59(65,66)22-18-38/h3-16,33-34,38-39H,17-32,35H2,1-2H3,(H2,72,77,83)(H2,73,76,84). The molecule has 12 rings (SSSR count). The summed E-state index contributed by atoms with van der Waals surface area (Å²) in [5, 5.41) is 14.8. The number of benzene rings is 4. The average molecular weight is 1230 g/mol. The Morgan fingerprint density at radius 2 is 1.12 bits per heavy atom. The van der Waals surface area contributed by atoms with Crippen LogP contribution < -0.4 is 41.9 Å². The minimum absolute atomic E-state index is 0.163. The van der Waals surface area contributed by atoms with Crippen molar-refractivity contribution in [1.82, 2.24) is 55.2 Å². The van der Waals surface area contributed by atoms with Crippen molar-refractivity contribution in [2.75, 3.05) is 42.6 Å². The number of anilines is 2. The maximum atomic E-state index is 14.1. The van der Waals surface area contributed by atoms with Crippen LogP contribution in [0.2, 0.25) is 20.1 Å². The first-order valence-electron chi connectivity index (χ1n) is 28.4. The van der Waals surface area contributed by atoms with Gasteiger partial charge in [0.1, 0.15) is 35.8 Å². The Morgan fingerprint density at radius 1 is 0.571 bits per heavy atom. The van der Waals surface area contributed by atoms with Gasteiger partial charge < -0.3 is 36.0 Å². The number of halogens is 8. The first-order valence-corrected chi connectivity index (χ1v) is 29.9. The topological polar surface area (TPSA) is 166 Å². The van der Waals surface area contributed by atoms with Crippen molar-refractivity contribution in [1.29, 1.82) is 0 Å². The van der Waals surface area contributed by atoms with Crippen LogP contribution in [0.25, 0.3) is 51.1 Å². The van der Waals surface area contributed by atoms with E-state index in [2.05, 4.69) is 36.0 Å². The molecule has 0 unspecified atom stereocenters. The molecule has 7 aromatic rings. The second-order valence-electron chi connectivity index (χ2n) is 23.3. The molecule has 4 amide bonds. The quantitative estimate of drug-likeness (QED) is 0.0923. The third-order valence-electron chi connectivity index (χ3n) is 17.2. The third-order valence-corrected chi connectivity index (χ3v) is 18.3. The van der Waals surface area contributed by atoms with E-state index >= 15 is 0 Å². The number of aromatic nitrogens is 6. The molecule has 6 heterocycles. The summed E-state index contributed by atoms with van der Waals surface area (Å²) in [5.41, 5.74) is 3.92. The molecule has 5 aliphatic rings. The van der Waals surface area contributed by atoms with Gasteiger partial charge in [0.2, 0.25) is 11.8 Å². The zero-order chi connectivity index (χ0) is 58.7. The van der Waals surface area contributed by atoms with E-state index in [1.807, 2.05) is 102 Å². The lowest BCUT2D eigenvalue weighted by Gasteiger charge is -2.41. The van der Waals surface area contributed by atoms with E-state index < -0.39 is 22.9 Å². The van der Waals surface area contributed by atoms with Gasteiger partial charge in [-0.15, -0.1) is 0 Å². The van der Waals surface area contributed by atoms with Gasteiger partial charge in [0.15, 0.2) is 22.5 Å². The largest absolute Gasteiger partial charge is 0.356 e. The second kappa shape index (κ2) is 22.9. The molecule has 3 aliphatic heterocycles. The van der Waals surface area contributed by atoms with Gasteiger partial charge in [-0.05, 0) is 144 Å². The van der Waals surface area contributed by atoms with Crippen molar-refractivity contribution in [3.63, 3.8) is 0 Å². The molecule has 0 spiro atoms. The van der Waals surface area contributed by atoms with E-state index in [4.69, 9.17) is 71.3 Å². The van der Waals surface area contributed by atoms with Gasteiger partial charge >= 0.3 is 12.1 Å². The highest BCUT2D eigenvalue weighted by molar-refractivity contribution is 6.34. The number of carbonyl (C=O) groups excluding carboxylic acids is 2. The zero-order valence-corrected chi connectivity index (χ0v) is 49.2. The fourth-order valence-corrected chi connectivity index (χ4v) is 13.0. The van der Waals surface area contributed by atoms with Gasteiger partial charge in [0.05, 0.1) is 10.0 Å². The number of rotatable bonds is 11. The van der Waals surface area contributed by atoms with Crippen LogP contribution in [-0.4, -0.2) is 114 Å². The monoisotopic (exact) mass is 1230 g/mol. The summed E-state index contributed by atoms with van der Waals surface area (Å²) in [4.78, 5) is 58.7. The van der Waals surface area contributed by atoms with Gasteiger partial charge in [-0.1, -0.05) is 58.5 Å². The van der Waals surface area contributed by atoms with Crippen LogP contribution in [0, 0.1) is 0 Å². The molecule has 16 nitrogen and oxygen atoms in total. The normalized spacial score (nSPS) is 19.6. The van der Waals surface area contributed by atoms with Crippen molar-refractivity contribution in [2.45, 2.75) is 126 Å². The number of imidazole rings is 2. The predicted octanol–water partition coefficient (Wildman–Crippen LogP) is 12.1. The van der Waals surface area contributed by atoms with Crippen molar-refractivity contribution in [2.24, 2.45) is 4.99 Å². The lowest BCUT2D eigenvalue weighted by molar-refractivity contribution is -0.0517. The van der Waals surface area contributed by atoms with E-state index in [9.17, 15) is 27.2 Å². The molecule has 84 heavy (non-hydrogen) atoms. The van der Waals surface area contributed by atoms with E-state index in [1.54, 1.807) is 12.1 Å². The van der Waals surface area contributed by atoms with Crippen molar-refractivity contribution >= 4 is 87.0 Å². The SMILES string of the molecule is CC1(NC(=O)NC2CCC(F)(F)CC2)CCN(c2ncnc3c2nc(-c2ccc(N4CN=c5c(nc(-c6ccccc6Cl)n5-c5ccc(Cl)cc5)=C4N4CCC(NC(=O)NC5(C)CCC(F)(F)CC5)CC4)cc2Cl)n3-c2ccc(Cl)cc2)CC1. The van der Waals surface area contributed by atoms with Crippen molar-refractivity contribution in [3.05, 3.63) is 128 Å². The summed E-state index contributed by atoms with van der Waals surface area (Å²) in [7, 11) is 0. The van der Waals surface area contributed by atoms with Gasteiger partial charge in [0, 0.05) is 113 Å². The van der Waals surface area contributed by atoms with E-state index in [0.717, 1.165) is 17.2 Å². The molecule has 0 atom stereocenters. The summed E-state index contributed by atoms with van der Waals surface area (Å²) in [5.74, 6) is -2.96. The van der Waals surface area contributed by atoms with Gasteiger partial charge in [-0.3, -0.25) is 9.13 Å². The average Bonchev–Trinajstić information content (AvgIpc) is 1.99. The summed E-state index contributed by atoms with van der Waals surface area (Å²) in [6.07, 6.45) is 3.66. The van der Waals surface area contributed by atoms with E-state index in [0.29, 0.717) is 128 Å². The Hall–Kier alpha value is -6.87. The number of piperidine rings is 2. The molecule has 24 heteroatoms. The highest BCUT2D eigenvalue weighted by Gasteiger charge is 2.43. The lowest BCUT2D eigenvalue weighted by Crippen LogP contribution is -2.57. The molecular weight excluding hydrogens is 1170 g/mol. The van der Waals surface area contributed by atoms with Crippen LogP contribution in [0.4, 0.5) is 38.7 Å². The number of hydrogen-bond donors (Lipinski definition) is 4. The van der Waals surface area contributed by atoms with Crippen LogP contribution >= 0.6 is 46.4 Å². The molecule has 2 aliphatic carbocycles. The first kappa shape index (κ1) is 57.6. The Bertz CT molecular complexity index is 3750. The first-order chi connectivity index (χ1) is 40.2. The molecular formula is C60H62Cl4F4N14O2. The fourth-order valence-electron chi connectivity index (χ4n) is 12.2. The maximum Gasteiger partial charge on any atom is 0.315 e. The number of urea groups is 2. The summed E-state index contributed by atoms with van der Waals surface area (Å²) in [6, 6.07) is 26.9. The third kappa shape index (κ3) is 11.9. The number of fused-ring (bicyclic) bond motifs is 2. The molecule has 4 N–H and O–H groups in total. The van der Waals surface area contributed by atoms with Crippen LogP contribution in [0.5, 0.6) is 0 Å². The fraction of sp³-hybridized carbons (Fsp3) is 0.417. The van der Waals surface area contributed by atoms with E-state index in [-0.39, 0.29) is 82.2 Å². The molecule has 2 saturated heterocycles. The highest BCUT2D eigenvalue weighted by atomic mass is 35.5. The number of nitrogens with one attached hydrogen (secondary N) is 4. The smallest absolute Gasteiger partial charge is 0.315 e. The van der Waals surface area contributed by atoms with Crippen LogP contribution in [0.3, 0.4) is 0 Å². The molecule has 2 saturated carbocycles. The minimum atomic E-state index is -2.72. The number of alkyl halides is 4. The van der Waals surface area contributed by atoms with Crippen molar-refractivity contribution < 1.29 is 27.2 Å². The summed E-state index contributed by atoms with van der Waals surface area (Å²) in [6.45, 7) is 6.09. The molecule has 0 radical (unpaired) electrons. The molecule has 3 aromatic heterocycles. The lowest BCUT2D eigenvalue weighted by atomic mass is 9.81. The minimum Gasteiger partial charge on any atom is -0.356 e. The summed E-state index contributed by atoms with van der Waals surface area (Å²) >= 11 is 27.4. The number of carbonyl (C=O) groups is 2. The Balaban J connectivity index is 0.875. The van der Waals surface area contributed by atoms with Gasteiger partial charge in [0.25, 0.3) is 0 Å². The number of likely N-dealkylation sites (tertiary alicyclic amines) is 1. The Kier molecular flexibility index (Phi) is 15.7. The van der Waals surface area contributed by atoms with Crippen LogP contribution in [0.15, 0.2) is 102 Å². The van der Waals surface area contributed by atoms with Crippen molar-refractivity contribution in [3.8, 4) is 34.2 Å². The summed E-state index contributed by atoms with van der Waals surface area (Å²) < 4.78 is 59.8. The maximum absolute atomic E-state index is 14.1. The second-order valence-corrected chi connectivity index (χ2v) is 25.0. The zero-order valence-electron chi connectivity index (χ0n) is 46.2.